The number of carbonyl (C=O) groups excluding carboxylic acids is 1. The van der Waals surface area contributed by atoms with Gasteiger partial charge < -0.3 is 20.1 Å². The minimum atomic E-state index is 0. The summed E-state index contributed by atoms with van der Waals surface area (Å²) in [7, 11) is 0. The Balaban J connectivity index is 0.00000280. The summed E-state index contributed by atoms with van der Waals surface area (Å²) in [5.41, 5.74) is 2.01. The fourth-order valence-electron chi connectivity index (χ4n) is 2.75. The first-order valence-corrected chi connectivity index (χ1v) is 10.3. The molecular weight excluding hydrogens is 396 g/mol. The lowest BCUT2D eigenvalue weighted by Gasteiger charge is -2.10. The van der Waals surface area contributed by atoms with Gasteiger partial charge in [0.25, 0.3) is 0 Å². The van der Waals surface area contributed by atoms with Gasteiger partial charge in [-0.2, -0.15) is 0 Å². The fraction of sp³-hybridized carbons (Fsp3) is 0.381. The molecule has 1 aliphatic heterocycles. The highest BCUT2D eigenvalue weighted by Crippen LogP contribution is 2.34. The van der Waals surface area contributed by atoms with Crippen LogP contribution in [0.1, 0.15) is 25.3 Å². The third-order valence-corrected chi connectivity index (χ3v) is 5.10. The van der Waals surface area contributed by atoms with Gasteiger partial charge in [0.15, 0.2) is 11.5 Å². The molecule has 0 saturated heterocycles. The number of nitrogens with one attached hydrogen (secondary N) is 2. The molecular formula is C21H27ClN2O3S. The molecule has 0 unspecified atom stereocenters. The molecule has 0 bridgehead atoms. The molecule has 1 amide bonds. The maximum Gasteiger partial charge on any atom is 0.225 e. The molecule has 2 aromatic carbocycles. The van der Waals surface area contributed by atoms with E-state index in [1.54, 1.807) is 11.8 Å². The van der Waals surface area contributed by atoms with E-state index in [0.29, 0.717) is 25.4 Å². The Kier molecular flexibility index (Phi) is 9.47. The van der Waals surface area contributed by atoms with Crippen LogP contribution in [0, 0.1) is 0 Å². The molecule has 152 valence electrons. The Morgan fingerprint density at radius 2 is 1.93 bits per heavy atom. The topological polar surface area (TPSA) is 59.6 Å². The molecule has 0 radical (unpaired) electrons. The van der Waals surface area contributed by atoms with Crippen LogP contribution in [0.5, 0.6) is 11.5 Å². The number of ether oxygens (including phenoxy) is 2. The van der Waals surface area contributed by atoms with Crippen molar-refractivity contribution < 1.29 is 14.3 Å². The normalized spacial score (nSPS) is 12.6. The van der Waals surface area contributed by atoms with Crippen molar-refractivity contribution in [3.05, 3.63) is 48.0 Å². The number of hydrogen-bond donors (Lipinski definition) is 2. The van der Waals surface area contributed by atoms with E-state index in [9.17, 15) is 4.79 Å². The molecule has 0 fully saturated rings. The first kappa shape index (κ1) is 22.4. The van der Waals surface area contributed by atoms with E-state index in [2.05, 4.69) is 23.6 Å². The van der Waals surface area contributed by atoms with Crippen LogP contribution in [0.4, 0.5) is 5.69 Å². The van der Waals surface area contributed by atoms with Crippen LogP contribution < -0.4 is 20.1 Å². The van der Waals surface area contributed by atoms with Crippen LogP contribution in [0.25, 0.3) is 0 Å². The maximum atomic E-state index is 12.2. The molecule has 2 N–H and O–H groups in total. The Labute approximate surface area is 177 Å². The minimum absolute atomic E-state index is 0. The van der Waals surface area contributed by atoms with Crippen molar-refractivity contribution in [3.63, 3.8) is 0 Å². The molecule has 1 heterocycles. The van der Waals surface area contributed by atoms with Crippen molar-refractivity contribution >= 4 is 35.8 Å². The zero-order valence-electron chi connectivity index (χ0n) is 16.0. The highest BCUT2D eigenvalue weighted by molar-refractivity contribution is 7.99. The number of benzene rings is 2. The van der Waals surface area contributed by atoms with Gasteiger partial charge in [0, 0.05) is 35.7 Å². The SMILES string of the molecule is CCNCc1cccc(NC(=O)CCSc2ccc3c(c2)OCCCO3)c1.Cl. The predicted molar refractivity (Wildman–Crippen MR) is 117 cm³/mol. The second-order valence-electron chi connectivity index (χ2n) is 6.29. The quantitative estimate of drug-likeness (QED) is 0.613. The largest absolute Gasteiger partial charge is 0.490 e. The van der Waals surface area contributed by atoms with E-state index in [1.807, 2.05) is 36.4 Å². The lowest BCUT2D eigenvalue weighted by atomic mass is 10.2. The number of amides is 1. The Hall–Kier alpha value is -1.89. The van der Waals surface area contributed by atoms with Crippen LogP contribution in [-0.2, 0) is 11.3 Å². The third kappa shape index (κ3) is 6.93. The third-order valence-electron chi connectivity index (χ3n) is 4.11. The first-order chi connectivity index (χ1) is 13.2. The highest BCUT2D eigenvalue weighted by Gasteiger charge is 2.11. The van der Waals surface area contributed by atoms with Crippen molar-refractivity contribution in [2.75, 3.05) is 30.8 Å². The van der Waals surface area contributed by atoms with Crippen LogP contribution in [0.3, 0.4) is 0 Å². The average molecular weight is 423 g/mol. The van der Waals surface area contributed by atoms with Crippen molar-refractivity contribution in [1.29, 1.82) is 0 Å². The van der Waals surface area contributed by atoms with Crippen molar-refractivity contribution in [3.8, 4) is 11.5 Å². The van der Waals surface area contributed by atoms with Gasteiger partial charge in [-0.05, 0) is 42.4 Å². The Morgan fingerprint density at radius 1 is 1.11 bits per heavy atom. The van der Waals surface area contributed by atoms with Gasteiger partial charge in [-0.25, -0.2) is 0 Å². The van der Waals surface area contributed by atoms with Gasteiger partial charge in [0.1, 0.15) is 0 Å². The molecule has 0 atom stereocenters. The van der Waals surface area contributed by atoms with E-state index in [4.69, 9.17) is 9.47 Å². The van der Waals surface area contributed by atoms with Crippen LogP contribution in [0.15, 0.2) is 47.4 Å². The molecule has 5 nitrogen and oxygen atoms in total. The number of thioether (sulfide) groups is 1. The predicted octanol–water partition coefficient (Wildman–Crippen LogP) is 4.50. The molecule has 3 rings (SSSR count). The van der Waals surface area contributed by atoms with E-state index in [0.717, 1.165) is 47.2 Å². The summed E-state index contributed by atoms with van der Waals surface area (Å²) < 4.78 is 11.4. The average Bonchev–Trinajstić information content (AvgIpc) is 2.91. The molecule has 28 heavy (non-hydrogen) atoms. The summed E-state index contributed by atoms with van der Waals surface area (Å²) in [4.78, 5) is 13.3. The first-order valence-electron chi connectivity index (χ1n) is 9.36. The van der Waals surface area contributed by atoms with Gasteiger partial charge in [-0.3, -0.25) is 4.79 Å². The van der Waals surface area contributed by atoms with Crippen LogP contribution >= 0.6 is 24.2 Å². The molecule has 0 aliphatic carbocycles. The number of carbonyl (C=O) groups is 1. The molecule has 1 aliphatic rings. The molecule has 0 aromatic heterocycles. The van der Waals surface area contributed by atoms with E-state index < -0.39 is 0 Å². The number of halogens is 1. The Bertz CT molecular complexity index is 773. The zero-order chi connectivity index (χ0) is 18.9. The molecule has 2 aromatic rings. The standard InChI is InChI=1S/C21H26N2O3S.ClH/c1-2-22-15-16-5-3-6-17(13-16)23-21(24)9-12-27-18-7-8-19-20(14-18)26-11-4-10-25-19;/h3,5-8,13-14,22H,2,4,9-12,15H2,1H3,(H,23,24);1H. The summed E-state index contributed by atoms with van der Waals surface area (Å²) in [5.74, 6) is 2.33. The number of hydrogen-bond acceptors (Lipinski definition) is 5. The second kappa shape index (κ2) is 11.8. The Morgan fingerprint density at radius 3 is 2.75 bits per heavy atom. The lowest BCUT2D eigenvalue weighted by molar-refractivity contribution is -0.115. The minimum Gasteiger partial charge on any atom is -0.490 e. The van der Waals surface area contributed by atoms with Crippen LogP contribution in [-0.4, -0.2) is 31.4 Å². The summed E-state index contributed by atoms with van der Waals surface area (Å²) >= 11 is 1.65. The maximum absolute atomic E-state index is 12.2. The van der Waals surface area contributed by atoms with Gasteiger partial charge in [0.05, 0.1) is 13.2 Å². The summed E-state index contributed by atoms with van der Waals surface area (Å²) in [6, 6.07) is 13.9. The zero-order valence-corrected chi connectivity index (χ0v) is 17.7. The lowest BCUT2D eigenvalue weighted by Crippen LogP contribution is -2.14. The fourth-order valence-corrected chi connectivity index (χ4v) is 3.62. The monoisotopic (exact) mass is 422 g/mol. The van der Waals surface area contributed by atoms with Crippen molar-refractivity contribution in [1.82, 2.24) is 5.32 Å². The number of rotatable bonds is 8. The molecule has 0 spiro atoms. The van der Waals surface area contributed by atoms with Crippen molar-refractivity contribution in [2.45, 2.75) is 31.2 Å². The van der Waals surface area contributed by atoms with Crippen LogP contribution in [0.2, 0.25) is 0 Å². The van der Waals surface area contributed by atoms with Crippen molar-refractivity contribution in [2.24, 2.45) is 0 Å². The highest BCUT2D eigenvalue weighted by atomic mass is 35.5. The van der Waals surface area contributed by atoms with E-state index >= 15 is 0 Å². The van der Waals surface area contributed by atoms with Gasteiger partial charge >= 0.3 is 0 Å². The van der Waals surface area contributed by atoms with Gasteiger partial charge in [0.2, 0.25) is 5.91 Å². The molecule has 0 saturated carbocycles. The van der Waals surface area contributed by atoms with Gasteiger partial charge in [-0.1, -0.05) is 19.1 Å². The van der Waals surface area contributed by atoms with Gasteiger partial charge in [-0.15, -0.1) is 24.2 Å². The second-order valence-corrected chi connectivity index (χ2v) is 7.45. The van der Waals surface area contributed by atoms with E-state index in [1.165, 1.54) is 0 Å². The molecule has 7 heteroatoms. The number of anilines is 1. The summed E-state index contributed by atoms with van der Waals surface area (Å²) in [6.45, 7) is 5.17. The summed E-state index contributed by atoms with van der Waals surface area (Å²) in [6.07, 6.45) is 1.35. The smallest absolute Gasteiger partial charge is 0.225 e. The van der Waals surface area contributed by atoms with E-state index in [-0.39, 0.29) is 18.3 Å². The summed E-state index contributed by atoms with van der Waals surface area (Å²) in [5, 5.41) is 6.27. The number of fused-ring (bicyclic) bond motifs is 1.